The molecule has 0 saturated heterocycles. The van der Waals surface area contributed by atoms with Crippen LogP contribution in [0.3, 0.4) is 0 Å². The Hall–Kier alpha value is -1.08. The van der Waals surface area contributed by atoms with Gasteiger partial charge in [0.15, 0.2) is 0 Å². The van der Waals surface area contributed by atoms with Crippen molar-refractivity contribution in [1.82, 2.24) is 0 Å². The Morgan fingerprint density at radius 1 is 1.12 bits per heavy atom. The molecule has 0 heterocycles. The third-order valence-corrected chi connectivity index (χ3v) is 4.07. The van der Waals surface area contributed by atoms with E-state index in [-0.39, 0.29) is 11.2 Å². The van der Waals surface area contributed by atoms with Crippen molar-refractivity contribution in [2.75, 3.05) is 0 Å². The minimum atomic E-state index is -0.146. The predicted molar refractivity (Wildman–Crippen MR) is 70.1 cm³/mol. The number of rotatable bonds is 0. The summed E-state index contributed by atoms with van der Waals surface area (Å²) in [7, 11) is 0. The van der Waals surface area contributed by atoms with Crippen molar-refractivity contribution in [3.8, 4) is 0 Å². The van der Waals surface area contributed by atoms with Gasteiger partial charge in [0.05, 0.1) is 5.38 Å². The van der Waals surface area contributed by atoms with Gasteiger partial charge in [-0.2, -0.15) is 0 Å². The maximum atomic E-state index is 14.0. The first-order valence-corrected chi connectivity index (χ1v) is 6.55. The van der Waals surface area contributed by atoms with Crippen LogP contribution in [0.25, 0.3) is 10.8 Å². The summed E-state index contributed by atoms with van der Waals surface area (Å²) >= 11 is 6.36. The summed E-state index contributed by atoms with van der Waals surface area (Å²) in [5.41, 5.74) is 2.25. The van der Waals surface area contributed by atoms with Gasteiger partial charge >= 0.3 is 0 Å². The summed E-state index contributed by atoms with van der Waals surface area (Å²) in [6.45, 7) is 0. The van der Waals surface area contributed by atoms with Crippen LogP contribution in [0.15, 0.2) is 30.3 Å². The standard InChI is InChI=1S/C15H14ClF/c16-14-8-4-3-6-11-10-5-1-2-7-12(10)15(17)9-13(11)14/h1-2,5,7,9,14H,3-4,6,8H2. The van der Waals surface area contributed by atoms with Gasteiger partial charge in [-0.05, 0) is 41.8 Å². The normalized spacial score (nSPS) is 20.0. The van der Waals surface area contributed by atoms with Crippen molar-refractivity contribution in [3.63, 3.8) is 0 Å². The molecule has 0 N–H and O–H groups in total. The molecule has 0 radical (unpaired) electrons. The van der Waals surface area contributed by atoms with Crippen LogP contribution in [-0.4, -0.2) is 0 Å². The molecule has 0 spiro atoms. The third kappa shape index (κ3) is 1.83. The summed E-state index contributed by atoms with van der Waals surface area (Å²) in [6, 6.07) is 9.34. The number of halogens is 2. The number of fused-ring (bicyclic) bond motifs is 3. The number of alkyl halides is 1. The molecule has 0 saturated carbocycles. The molecule has 0 bridgehead atoms. The highest BCUT2D eigenvalue weighted by molar-refractivity contribution is 6.21. The van der Waals surface area contributed by atoms with E-state index in [4.69, 9.17) is 11.6 Å². The Bertz CT molecular complexity index is 562. The van der Waals surface area contributed by atoms with Crippen LogP contribution in [0.2, 0.25) is 0 Å². The van der Waals surface area contributed by atoms with E-state index in [9.17, 15) is 4.39 Å². The monoisotopic (exact) mass is 248 g/mol. The fraction of sp³-hybridized carbons (Fsp3) is 0.333. The number of benzene rings is 2. The number of hydrogen-bond donors (Lipinski definition) is 0. The second-order valence-electron chi connectivity index (χ2n) is 4.69. The van der Waals surface area contributed by atoms with E-state index >= 15 is 0 Å². The van der Waals surface area contributed by atoms with E-state index in [1.165, 1.54) is 5.56 Å². The second-order valence-corrected chi connectivity index (χ2v) is 5.21. The van der Waals surface area contributed by atoms with Gasteiger partial charge in [-0.25, -0.2) is 4.39 Å². The zero-order valence-corrected chi connectivity index (χ0v) is 10.3. The lowest BCUT2D eigenvalue weighted by atomic mass is 9.95. The second kappa shape index (κ2) is 4.30. The molecule has 0 aliphatic heterocycles. The molecule has 1 atom stereocenters. The van der Waals surface area contributed by atoms with Gasteiger partial charge in [0.25, 0.3) is 0 Å². The van der Waals surface area contributed by atoms with E-state index in [0.717, 1.165) is 42.0 Å². The van der Waals surface area contributed by atoms with E-state index in [1.807, 2.05) is 24.3 Å². The fourth-order valence-corrected chi connectivity index (χ4v) is 3.10. The molecule has 17 heavy (non-hydrogen) atoms. The van der Waals surface area contributed by atoms with E-state index in [2.05, 4.69) is 0 Å². The van der Waals surface area contributed by atoms with Gasteiger partial charge in [0.1, 0.15) is 5.82 Å². The van der Waals surface area contributed by atoms with Crippen molar-refractivity contribution < 1.29 is 4.39 Å². The summed E-state index contributed by atoms with van der Waals surface area (Å²) in [5.74, 6) is -0.146. The molecule has 88 valence electrons. The molecule has 0 nitrogen and oxygen atoms in total. The smallest absolute Gasteiger partial charge is 0.131 e. The van der Waals surface area contributed by atoms with Gasteiger partial charge < -0.3 is 0 Å². The lowest BCUT2D eigenvalue weighted by Crippen LogP contribution is -1.97. The zero-order chi connectivity index (χ0) is 11.8. The predicted octanol–water partition coefficient (Wildman–Crippen LogP) is 4.99. The van der Waals surface area contributed by atoms with Crippen molar-refractivity contribution in [2.45, 2.75) is 31.1 Å². The first kappa shape index (κ1) is 11.0. The summed E-state index contributed by atoms with van der Waals surface area (Å²) < 4.78 is 14.0. The topological polar surface area (TPSA) is 0 Å². The van der Waals surface area contributed by atoms with Crippen LogP contribution >= 0.6 is 11.6 Å². The minimum Gasteiger partial charge on any atom is -0.206 e. The highest BCUT2D eigenvalue weighted by Crippen LogP contribution is 2.38. The molecule has 1 unspecified atom stereocenters. The molecule has 0 aromatic heterocycles. The number of aryl methyl sites for hydroxylation is 1. The molecule has 0 amide bonds. The first-order valence-electron chi connectivity index (χ1n) is 6.11. The quantitative estimate of drug-likeness (QED) is 0.455. The molecule has 2 aromatic rings. The van der Waals surface area contributed by atoms with Crippen molar-refractivity contribution in [1.29, 1.82) is 0 Å². The average Bonchev–Trinajstić information content (AvgIpc) is 2.53. The largest absolute Gasteiger partial charge is 0.206 e. The average molecular weight is 249 g/mol. The van der Waals surface area contributed by atoms with Crippen LogP contribution in [0.4, 0.5) is 4.39 Å². The van der Waals surface area contributed by atoms with Crippen LogP contribution in [-0.2, 0) is 6.42 Å². The third-order valence-electron chi connectivity index (χ3n) is 3.61. The molecule has 1 aliphatic carbocycles. The molecular weight excluding hydrogens is 235 g/mol. The van der Waals surface area contributed by atoms with Crippen LogP contribution in [0.5, 0.6) is 0 Å². The summed E-state index contributed by atoms with van der Waals surface area (Å²) in [5, 5.41) is 1.72. The number of hydrogen-bond acceptors (Lipinski definition) is 0. The van der Waals surface area contributed by atoms with Crippen molar-refractivity contribution >= 4 is 22.4 Å². The fourth-order valence-electron chi connectivity index (χ4n) is 2.75. The van der Waals surface area contributed by atoms with Gasteiger partial charge in [-0.15, -0.1) is 11.6 Å². The Morgan fingerprint density at radius 2 is 1.88 bits per heavy atom. The van der Waals surface area contributed by atoms with E-state index < -0.39 is 0 Å². The maximum absolute atomic E-state index is 14.0. The molecule has 3 rings (SSSR count). The van der Waals surface area contributed by atoms with Crippen LogP contribution < -0.4 is 0 Å². The SMILES string of the molecule is Fc1cc2c(c3ccccc13)CCCCC2Cl. The van der Waals surface area contributed by atoms with E-state index in [1.54, 1.807) is 6.07 Å². The molecule has 2 aromatic carbocycles. The summed E-state index contributed by atoms with van der Waals surface area (Å²) in [4.78, 5) is 0. The van der Waals surface area contributed by atoms with Gasteiger partial charge in [-0.3, -0.25) is 0 Å². The lowest BCUT2D eigenvalue weighted by Gasteiger charge is -2.14. The Kier molecular flexibility index (Phi) is 2.79. The highest BCUT2D eigenvalue weighted by Gasteiger charge is 2.20. The summed E-state index contributed by atoms with van der Waals surface area (Å²) in [6.07, 6.45) is 4.23. The maximum Gasteiger partial charge on any atom is 0.131 e. The van der Waals surface area contributed by atoms with Gasteiger partial charge in [0.2, 0.25) is 0 Å². The minimum absolute atomic E-state index is 0.0355. The van der Waals surface area contributed by atoms with Gasteiger partial charge in [0, 0.05) is 5.39 Å². The van der Waals surface area contributed by atoms with Crippen molar-refractivity contribution in [3.05, 3.63) is 47.3 Å². The molecule has 2 heteroatoms. The lowest BCUT2D eigenvalue weighted by molar-refractivity contribution is 0.635. The molecule has 1 aliphatic rings. The highest BCUT2D eigenvalue weighted by atomic mass is 35.5. The molecule has 0 fully saturated rings. The Labute approximate surface area is 105 Å². The van der Waals surface area contributed by atoms with Gasteiger partial charge in [-0.1, -0.05) is 30.7 Å². The first-order chi connectivity index (χ1) is 8.27. The van der Waals surface area contributed by atoms with Crippen molar-refractivity contribution in [2.24, 2.45) is 0 Å². The van der Waals surface area contributed by atoms with Crippen LogP contribution in [0.1, 0.15) is 35.8 Å². The van der Waals surface area contributed by atoms with Crippen LogP contribution in [0, 0.1) is 5.82 Å². The van der Waals surface area contributed by atoms with E-state index in [0.29, 0.717) is 0 Å². The Morgan fingerprint density at radius 3 is 2.71 bits per heavy atom. The Balaban J connectivity index is 2.34. The molecular formula is C15H14ClF. The zero-order valence-electron chi connectivity index (χ0n) is 9.55.